The van der Waals surface area contributed by atoms with Gasteiger partial charge in [0.1, 0.15) is 0 Å². The van der Waals surface area contributed by atoms with Gasteiger partial charge in [-0.3, -0.25) is 9.59 Å². The van der Waals surface area contributed by atoms with Crippen LogP contribution in [0.4, 0.5) is 5.69 Å². The minimum absolute atomic E-state index is 0.167. The van der Waals surface area contributed by atoms with Gasteiger partial charge in [0.25, 0.3) is 5.91 Å². The maximum absolute atomic E-state index is 12.1. The largest absolute Gasteiger partial charge is 0.455 e. The average Bonchev–Trinajstić information content (AvgIpc) is 2.61. The summed E-state index contributed by atoms with van der Waals surface area (Å²) in [6, 6.07) is 15.3. The number of hydrogen-bond acceptors (Lipinski definition) is 3. The molecule has 0 spiro atoms. The van der Waals surface area contributed by atoms with Gasteiger partial charge >= 0.3 is 5.97 Å². The molecule has 4 heteroatoms. The van der Waals surface area contributed by atoms with Crippen LogP contribution in [0.2, 0.25) is 0 Å². The van der Waals surface area contributed by atoms with Crippen molar-refractivity contribution in [3.63, 3.8) is 0 Å². The molecule has 0 aromatic heterocycles. The average molecular weight is 325 g/mol. The van der Waals surface area contributed by atoms with Gasteiger partial charge in [0, 0.05) is 5.69 Å². The molecule has 24 heavy (non-hydrogen) atoms. The first kappa shape index (κ1) is 17.7. The van der Waals surface area contributed by atoms with Gasteiger partial charge in [-0.2, -0.15) is 0 Å². The SMILES string of the molecule is CCc1cccc(CC)c1NC(=O)COC(=O)Cc1ccccc1. The van der Waals surface area contributed by atoms with Crippen molar-refractivity contribution < 1.29 is 14.3 Å². The van der Waals surface area contributed by atoms with Gasteiger partial charge in [-0.15, -0.1) is 0 Å². The molecule has 0 bridgehead atoms. The van der Waals surface area contributed by atoms with Crippen LogP contribution in [0.15, 0.2) is 48.5 Å². The van der Waals surface area contributed by atoms with Gasteiger partial charge in [-0.05, 0) is 29.5 Å². The lowest BCUT2D eigenvalue weighted by molar-refractivity contribution is -0.146. The second-order valence-electron chi connectivity index (χ2n) is 5.53. The number of amides is 1. The van der Waals surface area contributed by atoms with Crippen LogP contribution in [0, 0.1) is 0 Å². The van der Waals surface area contributed by atoms with Crippen LogP contribution in [-0.4, -0.2) is 18.5 Å². The van der Waals surface area contributed by atoms with E-state index in [1.54, 1.807) is 0 Å². The molecule has 4 nitrogen and oxygen atoms in total. The molecule has 2 aromatic rings. The first-order chi connectivity index (χ1) is 11.6. The van der Waals surface area contributed by atoms with Gasteiger partial charge in [-0.25, -0.2) is 0 Å². The van der Waals surface area contributed by atoms with Gasteiger partial charge < -0.3 is 10.1 Å². The van der Waals surface area contributed by atoms with Gasteiger partial charge in [0.2, 0.25) is 0 Å². The number of rotatable bonds is 7. The summed E-state index contributed by atoms with van der Waals surface area (Å²) in [7, 11) is 0. The van der Waals surface area contributed by atoms with E-state index in [0.717, 1.165) is 35.2 Å². The van der Waals surface area contributed by atoms with Crippen LogP contribution in [0.1, 0.15) is 30.5 Å². The Hall–Kier alpha value is -2.62. The molecule has 0 saturated heterocycles. The molecule has 0 fully saturated rings. The first-order valence-corrected chi connectivity index (χ1v) is 8.24. The zero-order chi connectivity index (χ0) is 17.4. The summed E-state index contributed by atoms with van der Waals surface area (Å²) in [5.74, 6) is -0.720. The predicted octanol–water partition coefficient (Wildman–Crippen LogP) is 3.54. The summed E-state index contributed by atoms with van der Waals surface area (Å²) >= 11 is 0. The molecule has 0 heterocycles. The number of carbonyl (C=O) groups excluding carboxylic acids is 2. The summed E-state index contributed by atoms with van der Waals surface area (Å²) < 4.78 is 5.08. The molecule has 2 aromatic carbocycles. The summed E-state index contributed by atoms with van der Waals surface area (Å²) in [6.45, 7) is 3.82. The fourth-order valence-electron chi connectivity index (χ4n) is 2.54. The topological polar surface area (TPSA) is 55.4 Å². The maximum Gasteiger partial charge on any atom is 0.310 e. The van der Waals surface area contributed by atoms with E-state index in [9.17, 15) is 9.59 Å². The molecule has 126 valence electrons. The van der Waals surface area contributed by atoms with E-state index in [4.69, 9.17) is 4.74 Å². The van der Waals surface area contributed by atoms with E-state index in [2.05, 4.69) is 5.32 Å². The number of aryl methyl sites for hydroxylation is 2. The van der Waals surface area contributed by atoms with Crippen molar-refractivity contribution in [2.45, 2.75) is 33.1 Å². The lowest BCUT2D eigenvalue weighted by Crippen LogP contribution is -2.23. The Morgan fingerprint density at radius 3 is 2.12 bits per heavy atom. The molecule has 0 atom stereocenters. The molecule has 0 saturated carbocycles. The number of benzene rings is 2. The Labute approximate surface area is 142 Å². The maximum atomic E-state index is 12.1. The molecule has 2 rings (SSSR count). The Morgan fingerprint density at radius 2 is 1.54 bits per heavy atom. The Kier molecular flexibility index (Phi) is 6.55. The van der Waals surface area contributed by atoms with Crippen LogP contribution >= 0.6 is 0 Å². The van der Waals surface area contributed by atoms with Crippen molar-refractivity contribution in [3.05, 3.63) is 65.2 Å². The molecule has 0 unspecified atom stereocenters. The molecule has 1 N–H and O–H groups in total. The third-order valence-corrected chi connectivity index (χ3v) is 3.82. The fraction of sp³-hybridized carbons (Fsp3) is 0.300. The normalized spacial score (nSPS) is 10.2. The van der Waals surface area contributed by atoms with E-state index in [1.807, 2.05) is 62.4 Å². The molecule has 0 aliphatic carbocycles. The van der Waals surface area contributed by atoms with Crippen LogP contribution in [0.25, 0.3) is 0 Å². The molecular weight excluding hydrogens is 302 g/mol. The van der Waals surface area contributed by atoms with Crippen molar-refractivity contribution in [3.8, 4) is 0 Å². The highest BCUT2D eigenvalue weighted by molar-refractivity contribution is 5.94. The molecular formula is C20H23NO3. The van der Waals surface area contributed by atoms with E-state index in [1.165, 1.54) is 0 Å². The lowest BCUT2D eigenvalue weighted by atomic mass is 10.0. The number of hydrogen-bond donors (Lipinski definition) is 1. The van der Waals surface area contributed by atoms with Crippen molar-refractivity contribution in [1.82, 2.24) is 0 Å². The molecule has 0 radical (unpaired) electrons. The number of carbonyl (C=O) groups is 2. The fourth-order valence-corrected chi connectivity index (χ4v) is 2.54. The van der Waals surface area contributed by atoms with Gasteiger partial charge in [0.15, 0.2) is 6.61 Å². The standard InChI is InChI=1S/C20H23NO3/c1-3-16-11-8-12-17(4-2)20(16)21-18(22)14-24-19(23)13-15-9-6-5-7-10-15/h5-12H,3-4,13-14H2,1-2H3,(H,21,22). The molecule has 1 amide bonds. The van der Waals surface area contributed by atoms with E-state index < -0.39 is 5.97 Å². The van der Waals surface area contributed by atoms with Crippen molar-refractivity contribution in [1.29, 1.82) is 0 Å². The number of nitrogens with one attached hydrogen (secondary N) is 1. The summed E-state index contributed by atoms with van der Waals surface area (Å²) in [5, 5.41) is 2.88. The molecule has 0 aliphatic heterocycles. The van der Waals surface area contributed by atoms with E-state index in [0.29, 0.717) is 0 Å². The van der Waals surface area contributed by atoms with Crippen molar-refractivity contribution >= 4 is 17.6 Å². The third-order valence-electron chi connectivity index (χ3n) is 3.82. The predicted molar refractivity (Wildman–Crippen MR) is 94.9 cm³/mol. The van der Waals surface area contributed by atoms with Crippen LogP contribution < -0.4 is 5.32 Å². The second-order valence-corrected chi connectivity index (χ2v) is 5.53. The monoisotopic (exact) mass is 325 g/mol. The summed E-state index contributed by atoms with van der Waals surface area (Å²) in [6.07, 6.45) is 1.83. The number of esters is 1. The van der Waals surface area contributed by atoms with Crippen LogP contribution in [-0.2, 0) is 33.6 Å². The van der Waals surface area contributed by atoms with Crippen LogP contribution in [0.3, 0.4) is 0 Å². The highest BCUT2D eigenvalue weighted by Gasteiger charge is 2.12. The quantitative estimate of drug-likeness (QED) is 0.792. The summed E-state index contributed by atoms with van der Waals surface area (Å²) in [5.41, 5.74) is 3.87. The first-order valence-electron chi connectivity index (χ1n) is 8.24. The zero-order valence-electron chi connectivity index (χ0n) is 14.2. The Morgan fingerprint density at radius 1 is 0.917 bits per heavy atom. The Bertz CT molecular complexity index is 673. The van der Waals surface area contributed by atoms with E-state index in [-0.39, 0.29) is 18.9 Å². The number of anilines is 1. The molecule has 0 aliphatic rings. The minimum Gasteiger partial charge on any atom is -0.455 e. The van der Waals surface area contributed by atoms with E-state index >= 15 is 0 Å². The smallest absolute Gasteiger partial charge is 0.310 e. The number of ether oxygens (including phenoxy) is 1. The second kappa shape index (κ2) is 8.87. The highest BCUT2D eigenvalue weighted by Crippen LogP contribution is 2.22. The Balaban J connectivity index is 1.91. The zero-order valence-corrected chi connectivity index (χ0v) is 14.2. The number of para-hydroxylation sites is 1. The highest BCUT2D eigenvalue weighted by atomic mass is 16.5. The lowest BCUT2D eigenvalue weighted by Gasteiger charge is -2.14. The minimum atomic E-state index is -0.407. The summed E-state index contributed by atoms with van der Waals surface area (Å²) in [4.78, 5) is 23.9. The van der Waals surface area contributed by atoms with Gasteiger partial charge in [0.05, 0.1) is 6.42 Å². The van der Waals surface area contributed by atoms with Crippen molar-refractivity contribution in [2.24, 2.45) is 0 Å². The van der Waals surface area contributed by atoms with Gasteiger partial charge in [-0.1, -0.05) is 62.4 Å². The third kappa shape index (κ3) is 4.95. The van der Waals surface area contributed by atoms with Crippen LogP contribution in [0.5, 0.6) is 0 Å². The van der Waals surface area contributed by atoms with Crippen molar-refractivity contribution in [2.75, 3.05) is 11.9 Å².